The zero-order chi connectivity index (χ0) is 12.6. The van der Waals surface area contributed by atoms with Gasteiger partial charge < -0.3 is 14.8 Å². The first-order chi connectivity index (χ1) is 7.85. The van der Waals surface area contributed by atoms with E-state index in [9.17, 15) is 9.59 Å². The molecule has 0 saturated carbocycles. The lowest BCUT2D eigenvalue weighted by Crippen LogP contribution is -2.52. The summed E-state index contributed by atoms with van der Waals surface area (Å²) in [5.74, 6) is -0.655. The number of nitrogens with one attached hydrogen (secondary N) is 1. The van der Waals surface area contributed by atoms with Crippen molar-refractivity contribution in [2.24, 2.45) is 5.92 Å². The quantitative estimate of drug-likeness (QED) is 0.554. The number of rotatable bonds is 1. The van der Waals surface area contributed by atoms with Crippen molar-refractivity contribution in [1.29, 1.82) is 0 Å². The van der Waals surface area contributed by atoms with Gasteiger partial charge in [0.15, 0.2) is 0 Å². The van der Waals surface area contributed by atoms with Gasteiger partial charge in [-0.1, -0.05) is 6.08 Å². The lowest BCUT2D eigenvalue weighted by molar-refractivity contribution is -0.158. The minimum absolute atomic E-state index is 0.215. The molecule has 0 radical (unpaired) electrons. The van der Waals surface area contributed by atoms with Crippen molar-refractivity contribution >= 4 is 12.1 Å². The highest BCUT2D eigenvalue weighted by molar-refractivity contribution is 5.79. The summed E-state index contributed by atoms with van der Waals surface area (Å²) in [5, 5.41) is 2.72. The molecule has 0 unspecified atom stereocenters. The molecule has 2 bridgehead atoms. The summed E-state index contributed by atoms with van der Waals surface area (Å²) in [6, 6.07) is -0.221. The van der Waals surface area contributed by atoms with Gasteiger partial charge in [-0.2, -0.15) is 0 Å². The molecule has 1 fully saturated rings. The molecule has 1 aliphatic carbocycles. The zero-order valence-corrected chi connectivity index (χ0v) is 10.2. The Balaban J connectivity index is 1.95. The van der Waals surface area contributed by atoms with E-state index in [0.29, 0.717) is 6.42 Å². The molecular formula is C12H17NO4. The molecule has 1 saturated heterocycles. The Kier molecular flexibility index (Phi) is 2.85. The van der Waals surface area contributed by atoms with E-state index >= 15 is 0 Å². The topological polar surface area (TPSA) is 64.6 Å². The highest BCUT2D eigenvalue weighted by Gasteiger charge is 2.40. The van der Waals surface area contributed by atoms with Crippen molar-refractivity contribution in [3.8, 4) is 0 Å². The first-order valence-corrected chi connectivity index (χ1v) is 5.73. The first-order valence-electron chi connectivity index (χ1n) is 5.73. The second kappa shape index (κ2) is 4.05. The Morgan fingerprint density at radius 3 is 2.71 bits per heavy atom. The molecule has 5 nitrogen and oxygen atoms in total. The van der Waals surface area contributed by atoms with Gasteiger partial charge >= 0.3 is 12.1 Å². The van der Waals surface area contributed by atoms with E-state index < -0.39 is 11.7 Å². The third-order valence-corrected chi connectivity index (χ3v) is 2.69. The molecule has 0 spiro atoms. The number of ether oxygens (including phenoxy) is 2. The largest absolute Gasteiger partial charge is 0.458 e. The lowest BCUT2D eigenvalue weighted by Gasteiger charge is -2.37. The van der Waals surface area contributed by atoms with Gasteiger partial charge in [0, 0.05) is 6.42 Å². The normalized spacial score (nSPS) is 31.0. The predicted molar refractivity (Wildman–Crippen MR) is 60.3 cm³/mol. The van der Waals surface area contributed by atoms with Crippen LogP contribution in [0.25, 0.3) is 0 Å². The van der Waals surface area contributed by atoms with Crippen LogP contribution in [0.3, 0.4) is 0 Å². The molecule has 1 N–H and O–H groups in total. The SMILES string of the molecule is CC(C)(C)OC(=O)N[C@@H]1C[C@@H]2C=C[C@H]1C(=O)O2. The first kappa shape index (κ1) is 12.0. The number of hydrogen-bond acceptors (Lipinski definition) is 4. The van der Waals surface area contributed by atoms with Gasteiger partial charge in [0.2, 0.25) is 0 Å². The summed E-state index contributed by atoms with van der Waals surface area (Å²) in [6.45, 7) is 5.40. The van der Waals surface area contributed by atoms with E-state index in [1.807, 2.05) is 6.08 Å². The monoisotopic (exact) mass is 239 g/mol. The average molecular weight is 239 g/mol. The lowest BCUT2D eigenvalue weighted by atomic mass is 9.86. The van der Waals surface area contributed by atoms with Crippen molar-refractivity contribution < 1.29 is 19.1 Å². The van der Waals surface area contributed by atoms with Crippen LogP contribution in [0.1, 0.15) is 27.2 Å². The number of esters is 1. The number of alkyl carbamates (subject to hydrolysis) is 1. The molecule has 3 atom stereocenters. The molecule has 5 heteroatoms. The highest BCUT2D eigenvalue weighted by atomic mass is 16.6. The predicted octanol–water partition coefficient (Wildman–Crippen LogP) is 1.38. The van der Waals surface area contributed by atoms with Crippen molar-refractivity contribution in [3.05, 3.63) is 12.2 Å². The molecule has 0 aromatic rings. The fourth-order valence-electron chi connectivity index (χ4n) is 2.02. The maximum atomic E-state index is 11.6. The third kappa shape index (κ3) is 2.78. The molecule has 1 amide bonds. The molecule has 94 valence electrons. The summed E-state index contributed by atoms with van der Waals surface area (Å²) in [7, 11) is 0. The van der Waals surface area contributed by atoms with Gasteiger partial charge in [-0.15, -0.1) is 0 Å². The van der Waals surface area contributed by atoms with E-state index in [4.69, 9.17) is 9.47 Å². The highest BCUT2D eigenvalue weighted by Crippen LogP contribution is 2.28. The number of amides is 1. The zero-order valence-electron chi connectivity index (χ0n) is 10.2. The minimum atomic E-state index is -0.534. The Labute approximate surface area is 100 Å². The Hall–Kier alpha value is -1.52. The fourth-order valence-corrected chi connectivity index (χ4v) is 2.02. The van der Waals surface area contributed by atoms with E-state index in [2.05, 4.69) is 5.32 Å². The Morgan fingerprint density at radius 1 is 1.47 bits per heavy atom. The molecule has 2 aliphatic heterocycles. The number of carbonyl (C=O) groups is 2. The smallest absolute Gasteiger partial charge is 0.407 e. The second-order valence-corrected chi connectivity index (χ2v) is 5.37. The van der Waals surface area contributed by atoms with E-state index in [-0.39, 0.29) is 24.0 Å². The molecule has 3 rings (SSSR count). The maximum Gasteiger partial charge on any atom is 0.407 e. The van der Waals surface area contributed by atoms with Crippen LogP contribution >= 0.6 is 0 Å². The van der Waals surface area contributed by atoms with Gasteiger partial charge in [-0.3, -0.25) is 4.79 Å². The van der Waals surface area contributed by atoms with Crippen LogP contribution < -0.4 is 5.32 Å². The number of carbonyl (C=O) groups excluding carboxylic acids is 2. The standard InChI is InChI=1S/C12H17NO4/c1-12(2,3)17-11(15)13-9-6-7-4-5-8(9)10(14)16-7/h4-5,7-9H,6H2,1-3H3,(H,13,15)/t7-,8+,9+/m0/s1. The summed E-state index contributed by atoms with van der Waals surface area (Å²) in [5.41, 5.74) is -0.534. The van der Waals surface area contributed by atoms with Crippen LogP contribution in [0, 0.1) is 5.92 Å². The molecule has 2 heterocycles. The van der Waals surface area contributed by atoms with Crippen LogP contribution in [-0.4, -0.2) is 29.8 Å². The van der Waals surface area contributed by atoms with Crippen molar-refractivity contribution in [2.75, 3.05) is 0 Å². The van der Waals surface area contributed by atoms with Crippen LogP contribution in [0.15, 0.2) is 12.2 Å². The Morgan fingerprint density at radius 2 is 2.18 bits per heavy atom. The van der Waals surface area contributed by atoms with Gasteiger partial charge in [0.25, 0.3) is 0 Å². The summed E-state index contributed by atoms with van der Waals surface area (Å²) >= 11 is 0. The number of hydrogen-bond donors (Lipinski definition) is 1. The molecule has 0 aromatic heterocycles. The van der Waals surface area contributed by atoms with Crippen LogP contribution in [0.5, 0.6) is 0 Å². The van der Waals surface area contributed by atoms with Crippen LogP contribution in [0.4, 0.5) is 4.79 Å². The minimum Gasteiger partial charge on any atom is -0.458 e. The molecular weight excluding hydrogens is 222 g/mol. The van der Waals surface area contributed by atoms with Gasteiger partial charge in [-0.25, -0.2) is 4.79 Å². The second-order valence-electron chi connectivity index (χ2n) is 5.37. The number of fused-ring (bicyclic) bond motifs is 2. The van der Waals surface area contributed by atoms with Gasteiger partial charge in [0.05, 0.1) is 12.0 Å². The van der Waals surface area contributed by atoms with Crippen LogP contribution in [0.2, 0.25) is 0 Å². The molecule has 0 aromatic carbocycles. The average Bonchev–Trinajstić information content (AvgIpc) is 2.14. The van der Waals surface area contributed by atoms with Gasteiger partial charge in [-0.05, 0) is 26.8 Å². The third-order valence-electron chi connectivity index (χ3n) is 2.69. The van der Waals surface area contributed by atoms with Crippen molar-refractivity contribution in [2.45, 2.75) is 44.9 Å². The Bertz CT molecular complexity index is 369. The van der Waals surface area contributed by atoms with E-state index in [0.717, 1.165) is 0 Å². The molecule has 17 heavy (non-hydrogen) atoms. The van der Waals surface area contributed by atoms with Gasteiger partial charge in [0.1, 0.15) is 11.7 Å². The summed E-state index contributed by atoms with van der Waals surface area (Å²) in [4.78, 5) is 23.1. The van der Waals surface area contributed by atoms with Crippen LogP contribution in [-0.2, 0) is 14.3 Å². The summed E-state index contributed by atoms with van der Waals surface area (Å²) < 4.78 is 10.2. The fraction of sp³-hybridized carbons (Fsp3) is 0.667. The van der Waals surface area contributed by atoms with E-state index in [1.165, 1.54) is 0 Å². The molecule has 3 aliphatic rings. The maximum absolute atomic E-state index is 11.6. The summed E-state index contributed by atoms with van der Waals surface area (Å²) in [6.07, 6.45) is 3.57. The van der Waals surface area contributed by atoms with Crippen molar-refractivity contribution in [1.82, 2.24) is 5.32 Å². The van der Waals surface area contributed by atoms with Crippen molar-refractivity contribution in [3.63, 3.8) is 0 Å². The van der Waals surface area contributed by atoms with E-state index in [1.54, 1.807) is 26.8 Å².